The highest BCUT2D eigenvalue weighted by Crippen LogP contribution is 2.28. The molecule has 0 saturated carbocycles. The Kier molecular flexibility index (Phi) is 6.72. The second-order valence-corrected chi connectivity index (χ2v) is 10.3. The van der Waals surface area contributed by atoms with E-state index in [4.69, 9.17) is 25.8 Å². The van der Waals surface area contributed by atoms with Crippen molar-refractivity contribution in [2.75, 3.05) is 13.1 Å². The maximum absolute atomic E-state index is 12.9. The molecule has 1 aliphatic rings. The Morgan fingerprint density at radius 1 is 1.16 bits per heavy atom. The van der Waals surface area contributed by atoms with E-state index in [0.29, 0.717) is 30.9 Å². The highest BCUT2D eigenvalue weighted by atomic mass is 35.5. The van der Waals surface area contributed by atoms with Crippen molar-refractivity contribution in [2.45, 2.75) is 78.3 Å². The third-order valence-electron chi connectivity index (χ3n) is 4.69. The van der Waals surface area contributed by atoms with Gasteiger partial charge in [-0.05, 0) is 54.9 Å². The topological polar surface area (TPSA) is 95.3 Å². The van der Waals surface area contributed by atoms with Crippen LogP contribution in [0.25, 0.3) is 5.65 Å². The minimum absolute atomic E-state index is 0.224. The molecule has 1 fully saturated rings. The SMILES string of the molecule is CC(O[C@@H]1CCN(C(=O)OC(C)(C)C)C1)c1c(C(=O)OC(C)(C)C)cnc2cc(Cl)nn12. The molecule has 2 aromatic heterocycles. The fourth-order valence-electron chi connectivity index (χ4n) is 3.49. The summed E-state index contributed by atoms with van der Waals surface area (Å²) in [5.74, 6) is -0.522. The number of likely N-dealkylation sites (tertiary alicyclic amines) is 1. The average Bonchev–Trinajstić information content (AvgIpc) is 3.23. The first-order valence-electron chi connectivity index (χ1n) is 10.6. The maximum Gasteiger partial charge on any atom is 0.410 e. The van der Waals surface area contributed by atoms with E-state index >= 15 is 0 Å². The van der Waals surface area contributed by atoms with Gasteiger partial charge in [-0.2, -0.15) is 5.10 Å². The van der Waals surface area contributed by atoms with Gasteiger partial charge in [-0.15, -0.1) is 0 Å². The summed E-state index contributed by atoms with van der Waals surface area (Å²) in [6.07, 6.45) is 0.981. The van der Waals surface area contributed by atoms with Crippen LogP contribution in [0.3, 0.4) is 0 Å². The second kappa shape index (κ2) is 8.86. The first kappa shape index (κ1) is 24.3. The van der Waals surface area contributed by atoms with E-state index in [1.54, 1.807) is 31.7 Å². The number of hydrogen-bond acceptors (Lipinski definition) is 7. The number of aromatic nitrogens is 3. The Balaban J connectivity index is 1.83. The molecule has 2 aromatic rings. The molecule has 0 spiro atoms. The smallest absolute Gasteiger partial charge is 0.410 e. The summed E-state index contributed by atoms with van der Waals surface area (Å²) < 4.78 is 18.8. The van der Waals surface area contributed by atoms with Crippen molar-refractivity contribution in [3.8, 4) is 0 Å². The van der Waals surface area contributed by atoms with Gasteiger partial charge in [-0.1, -0.05) is 11.6 Å². The Bertz CT molecular complexity index is 1010. The number of carbonyl (C=O) groups is 2. The molecule has 1 unspecified atom stereocenters. The fraction of sp³-hybridized carbons (Fsp3) is 0.636. The quantitative estimate of drug-likeness (QED) is 0.615. The third kappa shape index (κ3) is 5.89. The number of nitrogens with zero attached hydrogens (tertiary/aromatic N) is 4. The Labute approximate surface area is 193 Å². The average molecular weight is 467 g/mol. The summed E-state index contributed by atoms with van der Waals surface area (Å²) in [6.45, 7) is 13.6. The van der Waals surface area contributed by atoms with Crippen LogP contribution in [0.15, 0.2) is 12.3 Å². The molecule has 3 rings (SSSR count). The van der Waals surface area contributed by atoms with Crippen molar-refractivity contribution in [3.63, 3.8) is 0 Å². The van der Waals surface area contributed by atoms with E-state index in [9.17, 15) is 9.59 Å². The molecule has 3 heterocycles. The molecule has 0 aromatic carbocycles. The minimum Gasteiger partial charge on any atom is -0.456 e. The van der Waals surface area contributed by atoms with Crippen molar-refractivity contribution in [3.05, 3.63) is 28.7 Å². The van der Waals surface area contributed by atoms with E-state index in [1.165, 1.54) is 10.7 Å². The molecule has 9 nitrogen and oxygen atoms in total. The van der Waals surface area contributed by atoms with Gasteiger partial charge in [0.1, 0.15) is 16.8 Å². The molecule has 1 saturated heterocycles. The van der Waals surface area contributed by atoms with Crippen LogP contribution in [-0.2, 0) is 14.2 Å². The number of halogens is 1. The van der Waals surface area contributed by atoms with Gasteiger partial charge < -0.3 is 19.1 Å². The predicted octanol–water partition coefficient (Wildman–Crippen LogP) is 4.43. The third-order valence-corrected chi connectivity index (χ3v) is 4.87. The molecule has 0 bridgehead atoms. The van der Waals surface area contributed by atoms with Crippen LogP contribution < -0.4 is 0 Å². The van der Waals surface area contributed by atoms with Crippen LogP contribution in [0.1, 0.15) is 77.0 Å². The van der Waals surface area contributed by atoms with Crippen molar-refractivity contribution >= 4 is 29.3 Å². The summed E-state index contributed by atoms with van der Waals surface area (Å²) in [4.78, 5) is 31.2. The highest BCUT2D eigenvalue weighted by molar-refractivity contribution is 6.29. The molecule has 2 atom stereocenters. The number of amides is 1. The predicted molar refractivity (Wildman–Crippen MR) is 119 cm³/mol. The molecule has 0 radical (unpaired) electrons. The molecule has 32 heavy (non-hydrogen) atoms. The zero-order chi connectivity index (χ0) is 23.8. The molecule has 1 amide bonds. The Hall–Kier alpha value is -2.39. The molecule has 0 N–H and O–H groups in total. The van der Waals surface area contributed by atoms with Gasteiger partial charge in [0.2, 0.25) is 0 Å². The summed E-state index contributed by atoms with van der Waals surface area (Å²) in [5, 5.41) is 4.53. The minimum atomic E-state index is -0.672. The molecular weight excluding hydrogens is 436 g/mol. The van der Waals surface area contributed by atoms with Crippen LogP contribution in [0.2, 0.25) is 5.15 Å². The van der Waals surface area contributed by atoms with E-state index in [2.05, 4.69) is 10.1 Å². The van der Waals surface area contributed by atoms with Crippen LogP contribution >= 0.6 is 11.6 Å². The monoisotopic (exact) mass is 466 g/mol. The largest absolute Gasteiger partial charge is 0.456 e. The standard InChI is InChI=1S/C22H31ClN4O5/c1-13(30-14-8-9-26(12-14)20(29)32-22(5,6)7)18-15(19(28)31-21(2,3)4)11-24-17-10-16(23)25-27(17)18/h10-11,13-14H,8-9,12H2,1-7H3/t13?,14-/m1/s1. The lowest BCUT2D eigenvalue weighted by atomic mass is 10.1. The van der Waals surface area contributed by atoms with Crippen molar-refractivity contribution < 1.29 is 23.8 Å². The van der Waals surface area contributed by atoms with Gasteiger partial charge in [0, 0.05) is 18.8 Å². The van der Waals surface area contributed by atoms with Gasteiger partial charge in [0.25, 0.3) is 0 Å². The Morgan fingerprint density at radius 2 is 1.81 bits per heavy atom. The Morgan fingerprint density at radius 3 is 2.44 bits per heavy atom. The number of hydrogen-bond donors (Lipinski definition) is 0. The number of esters is 1. The lowest BCUT2D eigenvalue weighted by Crippen LogP contribution is -2.36. The van der Waals surface area contributed by atoms with E-state index in [-0.39, 0.29) is 22.9 Å². The molecule has 10 heteroatoms. The van der Waals surface area contributed by atoms with Crippen LogP contribution in [-0.4, -0.2) is 62.0 Å². The first-order chi connectivity index (χ1) is 14.7. The van der Waals surface area contributed by atoms with E-state index < -0.39 is 23.3 Å². The van der Waals surface area contributed by atoms with Crippen LogP contribution in [0.4, 0.5) is 4.79 Å². The number of rotatable bonds is 4. The van der Waals surface area contributed by atoms with Crippen molar-refractivity contribution in [2.24, 2.45) is 0 Å². The fourth-order valence-corrected chi connectivity index (χ4v) is 3.66. The van der Waals surface area contributed by atoms with Crippen LogP contribution in [0.5, 0.6) is 0 Å². The molecule has 176 valence electrons. The normalized spacial score (nSPS) is 18.1. The van der Waals surface area contributed by atoms with Gasteiger partial charge in [0.05, 0.1) is 24.4 Å². The number of ether oxygens (including phenoxy) is 3. The lowest BCUT2D eigenvalue weighted by molar-refractivity contribution is -0.00923. The zero-order valence-corrected chi connectivity index (χ0v) is 20.4. The van der Waals surface area contributed by atoms with Crippen molar-refractivity contribution in [1.29, 1.82) is 0 Å². The molecule has 1 aliphatic heterocycles. The van der Waals surface area contributed by atoms with Gasteiger partial charge in [-0.25, -0.2) is 19.1 Å². The van der Waals surface area contributed by atoms with E-state index in [0.717, 1.165) is 0 Å². The molecular formula is C22H31ClN4O5. The van der Waals surface area contributed by atoms with Crippen LogP contribution in [0, 0.1) is 0 Å². The summed E-state index contributed by atoms with van der Waals surface area (Å²) in [6, 6.07) is 1.61. The van der Waals surface area contributed by atoms with Crippen molar-refractivity contribution in [1.82, 2.24) is 19.5 Å². The lowest BCUT2D eigenvalue weighted by Gasteiger charge is -2.25. The van der Waals surface area contributed by atoms with Gasteiger partial charge in [0.15, 0.2) is 10.8 Å². The zero-order valence-electron chi connectivity index (χ0n) is 19.6. The van der Waals surface area contributed by atoms with E-state index in [1.807, 2.05) is 27.7 Å². The molecule has 0 aliphatic carbocycles. The number of carbonyl (C=O) groups excluding carboxylic acids is 2. The highest BCUT2D eigenvalue weighted by Gasteiger charge is 2.33. The first-order valence-corrected chi connectivity index (χ1v) is 11.0. The number of fused-ring (bicyclic) bond motifs is 1. The maximum atomic E-state index is 12.9. The second-order valence-electron chi connectivity index (χ2n) is 9.91. The summed E-state index contributed by atoms with van der Waals surface area (Å²) in [5.41, 5.74) is 0.00505. The van der Waals surface area contributed by atoms with Gasteiger partial charge >= 0.3 is 12.1 Å². The summed E-state index contributed by atoms with van der Waals surface area (Å²) >= 11 is 6.09. The van der Waals surface area contributed by atoms with Gasteiger partial charge in [-0.3, -0.25) is 0 Å². The summed E-state index contributed by atoms with van der Waals surface area (Å²) in [7, 11) is 0.